The maximum absolute atomic E-state index is 12.3. The SMILES string of the molecule is CNCC(C)C(=O)NCCc1nc(C(F)(F)F)cs1.Cl. The molecule has 0 aromatic carbocycles. The Balaban J connectivity index is 0.00000361. The van der Waals surface area contributed by atoms with Gasteiger partial charge in [-0.05, 0) is 7.05 Å². The van der Waals surface area contributed by atoms with Crippen molar-refractivity contribution in [1.29, 1.82) is 0 Å². The van der Waals surface area contributed by atoms with Crippen LogP contribution in [0.2, 0.25) is 0 Å². The van der Waals surface area contributed by atoms with E-state index in [9.17, 15) is 18.0 Å². The molecule has 20 heavy (non-hydrogen) atoms. The van der Waals surface area contributed by atoms with Crippen LogP contribution in [0.15, 0.2) is 5.38 Å². The third-order valence-corrected chi connectivity index (χ3v) is 3.35. The van der Waals surface area contributed by atoms with Crippen molar-refractivity contribution in [2.24, 2.45) is 5.92 Å². The van der Waals surface area contributed by atoms with Gasteiger partial charge in [0.25, 0.3) is 0 Å². The van der Waals surface area contributed by atoms with Crippen LogP contribution >= 0.6 is 23.7 Å². The van der Waals surface area contributed by atoms with Crippen LogP contribution in [0.3, 0.4) is 0 Å². The van der Waals surface area contributed by atoms with Crippen molar-refractivity contribution in [1.82, 2.24) is 15.6 Å². The largest absolute Gasteiger partial charge is 0.434 e. The van der Waals surface area contributed by atoms with Crippen LogP contribution in [0.25, 0.3) is 0 Å². The van der Waals surface area contributed by atoms with Gasteiger partial charge in [0.1, 0.15) is 0 Å². The number of thiazole rings is 1. The highest BCUT2D eigenvalue weighted by Crippen LogP contribution is 2.29. The molecule has 0 aliphatic heterocycles. The second-order valence-electron chi connectivity index (χ2n) is 4.12. The fourth-order valence-corrected chi connectivity index (χ4v) is 2.23. The average Bonchev–Trinajstić information content (AvgIpc) is 2.77. The molecule has 1 rings (SSSR count). The number of alkyl halides is 3. The predicted octanol–water partition coefficient (Wildman–Crippen LogP) is 2.10. The molecule has 0 aliphatic carbocycles. The van der Waals surface area contributed by atoms with Gasteiger partial charge in [0.2, 0.25) is 5.91 Å². The van der Waals surface area contributed by atoms with E-state index in [-0.39, 0.29) is 30.8 Å². The van der Waals surface area contributed by atoms with E-state index in [4.69, 9.17) is 0 Å². The van der Waals surface area contributed by atoms with Gasteiger partial charge in [0, 0.05) is 30.8 Å². The van der Waals surface area contributed by atoms with Gasteiger partial charge < -0.3 is 10.6 Å². The Bertz CT molecular complexity index is 425. The average molecular weight is 332 g/mol. The van der Waals surface area contributed by atoms with Gasteiger partial charge in [0.05, 0.1) is 5.01 Å². The number of aromatic nitrogens is 1. The summed E-state index contributed by atoms with van der Waals surface area (Å²) in [5.41, 5.74) is -0.873. The van der Waals surface area contributed by atoms with Crippen LogP contribution in [0.4, 0.5) is 13.2 Å². The summed E-state index contributed by atoms with van der Waals surface area (Å²) in [5, 5.41) is 6.91. The molecule has 1 unspecified atom stereocenters. The van der Waals surface area contributed by atoms with Crippen LogP contribution in [-0.4, -0.2) is 31.0 Å². The van der Waals surface area contributed by atoms with E-state index in [2.05, 4.69) is 15.6 Å². The lowest BCUT2D eigenvalue weighted by atomic mass is 10.1. The number of hydrogen-bond donors (Lipinski definition) is 2. The number of halogens is 4. The molecule has 1 amide bonds. The first-order chi connectivity index (χ1) is 8.84. The monoisotopic (exact) mass is 331 g/mol. The molecule has 2 N–H and O–H groups in total. The number of amides is 1. The van der Waals surface area contributed by atoms with Crippen molar-refractivity contribution in [3.63, 3.8) is 0 Å². The van der Waals surface area contributed by atoms with Gasteiger partial charge in [-0.3, -0.25) is 4.79 Å². The second-order valence-corrected chi connectivity index (χ2v) is 5.07. The predicted molar refractivity (Wildman–Crippen MR) is 74.2 cm³/mol. The molecule has 1 atom stereocenters. The lowest BCUT2D eigenvalue weighted by Gasteiger charge is -2.10. The zero-order valence-electron chi connectivity index (χ0n) is 11.1. The number of rotatable bonds is 6. The molecule has 0 radical (unpaired) electrons. The number of nitrogens with zero attached hydrogens (tertiary/aromatic N) is 1. The molecule has 0 fully saturated rings. The van der Waals surface area contributed by atoms with Gasteiger partial charge in [0.15, 0.2) is 5.69 Å². The minimum Gasteiger partial charge on any atom is -0.355 e. The molecule has 1 heterocycles. The summed E-state index contributed by atoms with van der Waals surface area (Å²) in [6.07, 6.45) is -4.10. The summed E-state index contributed by atoms with van der Waals surface area (Å²) in [4.78, 5) is 15.0. The van der Waals surface area contributed by atoms with Crippen molar-refractivity contribution in [2.45, 2.75) is 19.5 Å². The first-order valence-corrected chi connectivity index (χ1v) is 6.66. The molecule has 0 spiro atoms. The topological polar surface area (TPSA) is 54.0 Å². The zero-order valence-corrected chi connectivity index (χ0v) is 12.7. The number of carbonyl (C=O) groups excluding carboxylic acids is 1. The van der Waals surface area contributed by atoms with Crippen molar-refractivity contribution in [2.75, 3.05) is 20.1 Å². The Kier molecular flexibility index (Phi) is 8.07. The Hall–Kier alpha value is -0.860. The van der Waals surface area contributed by atoms with E-state index >= 15 is 0 Å². The maximum Gasteiger partial charge on any atom is 0.434 e. The van der Waals surface area contributed by atoms with E-state index in [1.807, 2.05) is 0 Å². The molecule has 0 aliphatic rings. The molecule has 9 heteroatoms. The minimum atomic E-state index is -4.40. The van der Waals surface area contributed by atoms with E-state index in [1.54, 1.807) is 14.0 Å². The van der Waals surface area contributed by atoms with Gasteiger partial charge in [-0.1, -0.05) is 6.92 Å². The van der Waals surface area contributed by atoms with Gasteiger partial charge >= 0.3 is 6.18 Å². The fourth-order valence-electron chi connectivity index (χ4n) is 1.42. The Morgan fingerprint density at radius 1 is 1.50 bits per heavy atom. The van der Waals surface area contributed by atoms with Crippen LogP contribution < -0.4 is 10.6 Å². The van der Waals surface area contributed by atoms with Crippen LogP contribution in [-0.2, 0) is 17.4 Å². The van der Waals surface area contributed by atoms with E-state index in [0.717, 1.165) is 16.7 Å². The zero-order chi connectivity index (χ0) is 14.5. The molecule has 116 valence electrons. The highest BCUT2D eigenvalue weighted by Gasteiger charge is 2.33. The summed E-state index contributed by atoms with van der Waals surface area (Å²) >= 11 is 0.952. The van der Waals surface area contributed by atoms with Gasteiger partial charge in [-0.2, -0.15) is 13.2 Å². The molecule has 4 nitrogen and oxygen atoms in total. The maximum atomic E-state index is 12.3. The fraction of sp³-hybridized carbons (Fsp3) is 0.636. The van der Waals surface area contributed by atoms with Crippen LogP contribution in [0.5, 0.6) is 0 Å². The molecular weight excluding hydrogens is 315 g/mol. The minimum absolute atomic E-state index is 0. The summed E-state index contributed by atoms with van der Waals surface area (Å²) in [6, 6.07) is 0. The first kappa shape index (κ1) is 19.1. The molecule has 0 bridgehead atoms. The van der Waals surface area contributed by atoms with Gasteiger partial charge in [-0.15, -0.1) is 23.7 Å². The quantitative estimate of drug-likeness (QED) is 0.839. The Morgan fingerprint density at radius 2 is 2.15 bits per heavy atom. The summed E-state index contributed by atoms with van der Waals surface area (Å²) < 4.78 is 36.9. The number of nitrogens with one attached hydrogen (secondary N) is 2. The third kappa shape index (κ3) is 6.06. The van der Waals surface area contributed by atoms with Crippen molar-refractivity contribution in [3.05, 3.63) is 16.1 Å². The normalized spacial score (nSPS) is 12.7. The smallest absolute Gasteiger partial charge is 0.355 e. The van der Waals surface area contributed by atoms with Gasteiger partial charge in [-0.25, -0.2) is 4.98 Å². The standard InChI is InChI=1S/C11H16F3N3OS.ClH/c1-7(5-15-2)10(18)16-4-3-9-17-8(6-19-9)11(12,13)14;/h6-7,15H,3-5H2,1-2H3,(H,16,18);1H. The van der Waals surface area contributed by atoms with E-state index in [0.29, 0.717) is 18.0 Å². The summed E-state index contributed by atoms with van der Waals surface area (Å²) in [6.45, 7) is 2.62. The highest BCUT2D eigenvalue weighted by atomic mass is 35.5. The van der Waals surface area contributed by atoms with Crippen LogP contribution in [0, 0.1) is 5.92 Å². The first-order valence-electron chi connectivity index (χ1n) is 5.78. The highest BCUT2D eigenvalue weighted by molar-refractivity contribution is 7.09. The van der Waals surface area contributed by atoms with Crippen molar-refractivity contribution >= 4 is 29.7 Å². The molecule has 0 saturated carbocycles. The Labute approximate surface area is 125 Å². The van der Waals surface area contributed by atoms with E-state index in [1.165, 1.54) is 0 Å². The third-order valence-electron chi connectivity index (χ3n) is 2.44. The van der Waals surface area contributed by atoms with Crippen molar-refractivity contribution in [3.8, 4) is 0 Å². The summed E-state index contributed by atoms with van der Waals surface area (Å²) in [5.74, 6) is -0.297. The Morgan fingerprint density at radius 3 is 2.65 bits per heavy atom. The molecule has 1 aromatic rings. The number of hydrogen-bond acceptors (Lipinski definition) is 4. The van der Waals surface area contributed by atoms with E-state index < -0.39 is 11.9 Å². The molecule has 0 saturated heterocycles. The number of carbonyl (C=O) groups is 1. The lowest BCUT2D eigenvalue weighted by molar-refractivity contribution is -0.140. The molecular formula is C11H17ClF3N3OS. The lowest BCUT2D eigenvalue weighted by Crippen LogP contribution is -2.35. The van der Waals surface area contributed by atoms with Crippen LogP contribution in [0.1, 0.15) is 17.6 Å². The summed E-state index contributed by atoms with van der Waals surface area (Å²) in [7, 11) is 1.75. The second kappa shape index (κ2) is 8.43. The molecule has 1 aromatic heterocycles. The van der Waals surface area contributed by atoms with Crippen molar-refractivity contribution < 1.29 is 18.0 Å².